The van der Waals surface area contributed by atoms with Gasteiger partial charge in [0.2, 0.25) is 11.9 Å². The fraction of sp³-hybridized carbons (Fsp3) is 0.368. The van der Waals surface area contributed by atoms with E-state index >= 15 is 0 Å². The highest BCUT2D eigenvalue weighted by Crippen LogP contribution is 2.30. The zero-order valence-electron chi connectivity index (χ0n) is 15.7. The fourth-order valence-corrected chi connectivity index (χ4v) is 4.24. The highest BCUT2D eigenvalue weighted by Gasteiger charge is 2.23. The molecule has 0 aromatic carbocycles. The average Bonchev–Trinajstić information content (AvgIpc) is 3.32. The lowest BCUT2D eigenvalue weighted by Crippen LogP contribution is -2.39. The van der Waals surface area contributed by atoms with E-state index in [0.29, 0.717) is 12.0 Å². The number of carbonyl (C=O) groups is 1. The Morgan fingerprint density at radius 3 is 2.79 bits per heavy atom. The summed E-state index contributed by atoms with van der Waals surface area (Å²) in [5.41, 5.74) is 0.850. The van der Waals surface area contributed by atoms with E-state index in [-0.39, 0.29) is 11.9 Å². The molecular formula is C19H23N7OS. The maximum absolute atomic E-state index is 11.5. The number of fused-ring (bicyclic) bond motifs is 1. The molecule has 9 heteroatoms. The lowest BCUT2D eigenvalue weighted by Gasteiger charge is -2.30. The van der Waals surface area contributed by atoms with Crippen LogP contribution in [0.5, 0.6) is 0 Å². The van der Waals surface area contributed by atoms with Crippen LogP contribution in [0.1, 0.15) is 25.7 Å². The van der Waals surface area contributed by atoms with Gasteiger partial charge < -0.3 is 16.0 Å². The molecule has 0 spiro atoms. The average molecular weight is 398 g/mol. The van der Waals surface area contributed by atoms with Gasteiger partial charge >= 0.3 is 0 Å². The van der Waals surface area contributed by atoms with Gasteiger partial charge in [0.05, 0.1) is 17.3 Å². The van der Waals surface area contributed by atoms with E-state index in [4.69, 9.17) is 4.98 Å². The first-order chi connectivity index (χ1) is 13.6. The molecule has 3 aromatic heterocycles. The third-order valence-electron chi connectivity index (χ3n) is 4.89. The van der Waals surface area contributed by atoms with Crippen LogP contribution in [0.4, 0.5) is 17.5 Å². The summed E-state index contributed by atoms with van der Waals surface area (Å²) in [6.07, 6.45) is 8.79. The van der Waals surface area contributed by atoms with Gasteiger partial charge in [0, 0.05) is 25.3 Å². The third-order valence-corrected chi connectivity index (χ3v) is 5.69. The van der Waals surface area contributed by atoms with Crippen molar-refractivity contribution in [3.8, 4) is 0 Å². The molecule has 1 aliphatic carbocycles. The standard InChI is InChI=1S/C19H23N7OS/c1-3-16(27)21-12-4-6-13(7-5-12)22-17-15-8-9-28-18(15)25-19(24-17)23-14-10-20-26(2)11-14/h3,8-13H,1,4-7H2,2H3,(H,21,27)(H2,22,23,24,25)/t12-,13+. The molecule has 0 bridgehead atoms. The number of carbonyl (C=O) groups excluding carboxylic acids is 1. The van der Waals surface area contributed by atoms with Crippen LogP contribution in [0, 0.1) is 0 Å². The van der Waals surface area contributed by atoms with Gasteiger partial charge in [-0.2, -0.15) is 10.1 Å². The number of aromatic nitrogens is 4. The smallest absolute Gasteiger partial charge is 0.243 e. The summed E-state index contributed by atoms with van der Waals surface area (Å²) in [7, 11) is 1.87. The third kappa shape index (κ3) is 4.14. The first kappa shape index (κ1) is 18.4. The molecule has 1 amide bonds. The molecule has 0 atom stereocenters. The molecule has 0 unspecified atom stereocenters. The molecule has 28 heavy (non-hydrogen) atoms. The zero-order chi connectivity index (χ0) is 19.5. The molecule has 4 rings (SSSR count). The minimum atomic E-state index is -0.0988. The summed E-state index contributed by atoms with van der Waals surface area (Å²) in [5.74, 6) is 1.30. The predicted octanol–water partition coefficient (Wildman–Crippen LogP) is 3.19. The van der Waals surface area contributed by atoms with Crippen molar-refractivity contribution < 1.29 is 4.79 Å². The van der Waals surface area contributed by atoms with Crippen LogP contribution >= 0.6 is 11.3 Å². The number of amides is 1. The van der Waals surface area contributed by atoms with Crippen molar-refractivity contribution in [3.05, 3.63) is 36.5 Å². The second-order valence-corrected chi connectivity index (χ2v) is 7.86. The van der Waals surface area contributed by atoms with Crippen LogP contribution in [0.2, 0.25) is 0 Å². The first-order valence-corrected chi connectivity index (χ1v) is 10.2. The molecular weight excluding hydrogens is 374 g/mol. The number of nitrogens with zero attached hydrogens (tertiary/aromatic N) is 4. The Balaban J connectivity index is 1.47. The van der Waals surface area contributed by atoms with Crippen molar-refractivity contribution in [3.63, 3.8) is 0 Å². The van der Waals surface area contributed by atoms with Gasteiger partial charge in [0.1, 0.15) is 10.6 Å². The summed E-state index contributed by atoms with van der Waals surface area (Å²) >= 11 is 1.59. The summed E-state index contributed by atoms with van der Waals surface area (Å²) < 4.78 is 1.73. The zero-order valence-corrected chi connectivity index (χ0v) is 16.5. The van der Waals surface area contributed by atoms with Crippen molar-refractivity contribution >= 4 is 44.9 Å². The Labute approximate surface area is 167 Å². The van der Waals surface area contributed by atoms with Crippen LogP contribution in [-0.4, -0.2) is 37.7 Å². The van der Waals surface area contributed by atoms with Crippen molar-refractivity contribution in [1.29, 1.82) is 0 Å². The number of rotatable bonds is 6. The molecule has 3 aromatic rings. The van der Waals surface area contributed by atoms with Gasteiger partial charge in [-0.3, -0.25) is 9.48 Å². The minimum Gasteiger partial charge on any atom is -0.367 e. The lowest BCUT2D eigenvalue weighted by molar-refractivity contribution is -0.117. The summed E-state index contributed by atoms with van der Waals surface area (Å²) in [4.78, 5) is 21.7. The van der Waals surface area contributed by atoms with Crippen molar-refractivity contribution in [2.24, 2.45) is 7.05 Å². The number of hydrogen-bond acceptors (Lipinski definition) is 7. The Kier molecular flexibility index (Phi) is 5.25. The molecule has 0 saturated heterocycles. The summed E-state index contributed by atoms with van der Waals surface area (Å²) in [6, 6.07) is 2.59. The number of aryl methyl sites for hydroxylation is 1. The molecule has 3 N–H and O–H groups in total. The van der Waals surface area contributed by atoms with E-state index in [9.17, 15) is 4.79 Å². The van der Waals surface area contributed by atoms with Crippen LogP contribution < -0.4 is 16.0 Å². The minimum absolute atomic E-state index is 0.0988. The second kappa shape index (κ2) is 7.97. The van der Waals surface area contributed by atoms with Crippen molar-refractivity contribution in [2.45, 2.75) is 37.8 Å². The van der Waals surface area contributed by atoms with E-state index in [2.05, 4.69) is 32.6 Å². The molecule has 0 aliphatic heterocycles. The molecule has 1 aliphatic rings. The second-order valence-electron chi connectivity index (χ2n) is 6.97. The maximum Gasteiger partial charge on any atom is 0.243 e. The normalized spacial score (nSPS) is 19.3. The molecule has 8 nitrogen and oxygen atoms in total. The topological polar surface area (TPSA) is 96.8 Å². The van der Waals surface area contributed by atoms with Crippen LogP contribution in [-0.2, 0) is 11.8 Å². The van der Waals surface area contributed by atoms with Crippen molar-refractivity contribution in [1.82, 2.24) is 25.1 Å². The number of anilines is 3. The van der Waals surface area contributed by atoms with Crippen LogP contribution in [0.25, 0.3) is 10.2 Å². The number of nitrogens with one attached hydrogen (secondary N) is 3. The quantitative estimate of drug-likeness (QED) is 0.553. The van der Waals surface area contributed by atoms with Crippen LogP contribution in [0.15, 0.2) is 36.5 Å². The number of thiophene rings is 1. The van der Waals surface area contributed by atoms with Gasteiger partial charge in [-0.25, -0.2) is 4.98 Å². The summed E-state index contributed by atoms with van der Waals surface area (Å²) in [5, 5.41) is 17.0. The highest BCUT2D eigenvalue weighted by atomic mass is 32.1. The maximum atomic E-state index is 11.5. The predicted molar refractivity (Wildman–Crippen MR) is 112 cm³/mol. The van der Waals surface area contributed by atoms with Gasteiger partial charge in [0.15, 0.2) is 0 Å². The lowest BCUT2D eigenvalue weighted by atomic mass is 9.91. The van der Waals surface area contributed by atoms with E-state index in [1.807, 2.05) is 24.7 Å². The Morgan fingerprint density at radius 1 is 1.29 bits per heavy atom. The molecule has 0 radical (unpaired) electrons. The molecule has 3 heterocycles. The number of hydrogen-bond donors (Lipinski definition) is 3. The molecule has 1 saturated carbocycles. The Bertz CT molecular complexity index is 987. The van der Waals surface area contributed by atoms with Gasteiger partial charge in [-0.1, -0.05) is 6.58 Å². The van der Waals surface area contributed by atoms with E-state index < -0.39 is 0 Å². The van der Waals surface area contributed by atoms with E-state index in [1.165, 1.54) is 6.08 Å². The molecule has 1 fully saturated rings. The SMILES string of the molecule is C=CC(=O)N[C@H]1CC[C@@H](Nc2nc(Nc3cnn(C)c3)nc3sccc23)CC1. The fourth-order valence-electron chi connectivity index (χ4n) is 3.47. The largest absolute Gasteiger partial charge is 0.367 e. The van der Waals surface area contributed by atoms with E-state index in [0.717, 1.165) is 47.4 Å². The van der Waals surface area contributed by atoms with E-state index in [1.54, 1.807) is 22.2 Å². The summed E-state index contributed by atoms with van der Waals surface area (Å²) in [6.45, 7) is 3.51. The monoisotopic (exact) mass is 397 g/mol. The van der Waals surface area contributed by atoms with Gasteiger partial charge in [0.25, 0.3) is 0 Å². The Hall–Kier alpha value is -2.94. The van der Waals surface area contributed by atoms with Gasteiger partial charge in [-0.05, 0) is 43.2 Å². The highest BCUT2D eigenvalue weighted by molar-refractivity contribution is 7.16. The molecule has 146 valence electrons. The first-order valence-electron chi connectivity index (χ1n) is 9.31. The van der Waals surface area contributed by atoms with Crippen molar-refractivity contribution in [2.75, 3.05) is 10.6 Å². The Morgan fingerprint density at radius 2 is 2.07 bits per heavy atom. The van der Waals surface area contributed by atoms with Crippen LogP contribution in [0.3, 0.4) is 0 Å². The van der Waals surface area contributed by atoms with Gasteiger partial charge in [-0.15, -0.1) is 11.3 Å².